The van der Waals surface area contributed by atoms with Crippen molar-refractivity contribution in [1.29, 1.82) is 0 Å². The number of carbonyl (C=O) groups is 1. The second kappa shape index (κ2) is 9.01. The van der Waals surface area contributed by atoms with Crippen LogP contribution in [0.4, 0.5) is 4.39 Å². The Labute approximate surface area is 145 Å². The SMILES string of the molecule is C=C(C)C(=O)OCCCCCCOc1cc(=O)oc2ccc(F)cc12. The zero-order valence-electron chi connectivity index (χ0n) is 14.2. The predicted molar refractivity (Wildman–Crippen MR) is 92.2 cm³/mol. The summed E-state index contributed by atoms with van der Waals surface area (Å²) in [5.74, 6) is -0.470. The van der Waals surface area contributed by atoms with Gasteiger partial charge < -0.3 is 13.9 Å². The minimum absolute atomic E-state index is 0.295. The van der Waals surface area contributed by atoms with Crippen LogP contribution in [-0.4, -0.2) is 19.2 Å². The van der Waals surface area contributed by atoms with Gasteiger partial charge in [-0.1, -0.05) is 6.58 Å². The Bertz CT molecular complexity index is 809. The molecule has 0 aliphatic heterocycles. The molecule has 0 bridgehead atoms. The van der Waals surface area contributed by atoms with E-state index in [-0.39, 0.29) is 5.97 Å². The summed E-state index contributed by atoms with van der Waals surface area (Å²) in [6, 6.07) is 5.14. The molecule has 0 spiro atoms. The minimum Gasteiger partial charge on any atom is -0.493 e. The van der Waals surface area contributed by atoms with Gasteiger partial charge in [0, 0.05) is 5.57 Å². The monoisotopic (exact) mass is 348 g/mol. The fourth-order valence-electron chi connectivity index (χ4n) is 2.25. The fraction of sp³-hybridized carbons (Fsp3) is 0.368. The summed E-state index contributed by atoms with van der Waals surface area (Å²) in [4.78, 5) is 22.7. The van der Waals surface area contributed by atoms with Crippen LogP contribution in [-0.2, 0) is 9.53 Å². The summed E-state index contributed by atoms with van der Waals surface area (Å²) in [6.45, 7) is 5.90. The standard InChI is InChI=1S/C19H21FO5/c1-13(2)19(22)24-10-6-4-3-5-9-23-17-12-18(21)25-16-8-7-14(20)11-15(16)17/h7-8,11-12H,1,3-6,9-10H2,2H3. The van der Waals surface area contributed by atoms with Crippen LogP contribution in [0, 0.1) is 5.82 Å². The topological polar surface area (TPSA) is 65.7 Å². The molecule has 1 aromatic carbocycles. The lowest BCUT2D eigenvalue weighted by Gasteiger charge is -2.08. The summed E-state index contributed by atoms with van der Waals surface area (Å²) < 4.78 is 29.0. The molecule has 0 aliphatic carbocycles. The maximum Gasteiger partial charge on any atom is 0.339 e. The molecule has 0 N–H and O–H groups in total. The molecule has 5 nitrogen and oxygen atoms in total. The highest BCUT2D eigenvalue weighted by Crippen LogP contribution is 2.24. The second-order valence-electron chi connectivity index (χ2n) is 5.75. The van der Waals surface area contributed by atoms with Gasteiger partial charge in [0.25, 0.3) is 0 Å². The molecule has 2 aromatic rings. The number of hydrogen-bond acceptors (Lipinski definition) is 5. The molecule has 0 amide bonds. The minimum atomic E-state index is -0.534. The van der Waals surface area contributed by atoms with E-state index in [4.69, 9.17) is 13.9 Å². The van der Waals surface area contributed by atoms with Crippen LogP contribution in [0.25, 0.3) is 11.0 Å². The second-order valence-corrected chi connectivity index (χ2v) is 5.75. The van der Waals surface area contributed by atoms with Gasteiger partial charge in [-0.05, 0) is 50.8 Å². The predicted octanol–water partition coefficient (Wildman–Crippen LogP) is 3.99. The van der Waals surface area contributed by atoms with Crippen molar-refractivity contribution in [2.45, 2.75) is 32.6 Å². The number of esters is 1. The molecule has 2 rings (SSSR count). The van der Waals surface area contributed by atoms with Crippen LogP contribution in [0.1, 0.15) is 32.6 Å². The molecule has 0 atom stereocenters. The van der Waals surface area contributed by atoms with Crippen LogP contribution in [0.2, 0.25) is 0 Å². The number of hydrogen-bond donors (Lipinski definition) is 0. The van der Waals surface area contributed by atoms with Gasteiger partial charge in [-0.2, -0.15) is 0 Å². The first-order chi connectivity index (χ1) is 12.0. The fourth-order valence-corrected chi connectivity index (χ4v) is 2.25. The summed E-state index contributed by atoms with van der Waals surface area (Å²) in [7, 11) is 0. The third-order valence-electron chi connectivity index (χ3n) is 3.54. The van der Waals surface area contributed by atoms with E-state index >= 15 is 0 Å². The van der Waals surface area contributed by atoms with Gasteiger partial charge in [0.15, 0.2) is 0 Å². The normalized spacial score (nSPS) is 10.6. The van der Waals surface area contributed by atoms with Crippen LogP contribution in [0.5, 0.6) is 5.75 Å². The molecule has 25 heavy (non-hydrogen) atoms. The molecular weight excluding hydrogens is 327 g/mol. The number of rotatable bonds is 9. The molecule has 6 heteroatoms. The van der Waals surface area contributed by atoms with Gasteiger partial charge in [-0.15, -0.1) is 0 Å². The van der Waals surface area contributed by atoms with Crippen molar-refractivity contribution >= 4 is 16.9 Å². The molecule has 0 aliphatic rings. The molecular formula is C19H21FO5. The number of benzene rings is 1. The average Bonchev–Trinajstić information content (AvgIpc) is 2.57. The summed E-state index contributed by atoms with van der Waals surface area (Å²) >= 11 is 0. The highest BCUT2D eigenvalue weighted by atomic mass is 19.1. The molecule has 1 heterocycles. The van der Waals surface area contributed by atoms with Crippen molar-refractivity contribution in [3.8, 4) is 5.75 Å². The Morgan fingerprint density at radius 2 is 1.88 bits per heavy atom. The lowest BCUT2D eigenvalue weighted by atomic mass is 10.2. The molecule has 0 unspecified atom stereocenters. The first-order valence-corrected chi connectivity index (χ1v) is 8.16. The van der Waals surface area contributed by atoms with Crippen LogP contribution >= 0.6 is 0 Å². The summed E-state index contributed by atoms with van der Waals surface area (Å²) in [5, 5.41) is 0.436. The van der Waals surface area contributed by atoms with E-state index in [9.17, 15) is 14.0 Å². The lowest BCUT2D eigenvalue weighted by molar-refractivity contribution is -0.139. The first kappa shape index (κ1) is 18.7. The van der Waals surface area contributed by atoms with Gasteiger partial charge in [0.1, 0.15) is 17.1 Å². The Kier molecular flexibility index (Phi) is 6.74. The first-order valence-electron chi connectivity index (χ1n) is 8.16. The van der Waals surface area contributed by atoms with Gasteiger partial charge >= 0.3 is 11.6 Å². The van der Waals surface area contributed by atoms with Crippen molar-refractivity contribution in [3.05, 3.63) is 52.7 Å². The number of halogens is 1. The molecule has 0 fully saturated rings. The Morgan fingerprint density at radius 1 is 1.16 bits per heavy atom. The highest BCUT2D eigenvalue weighted by Gasteiger charge is 2.08. The van der Waals surface area contributed by atoms with Crippen LogP contribution < -0.4 is 10.4 Å². The third-order valence-corrected chi connectivity index (χ3v) is 3.54. The quantitative estimate of drug-likeness (QED) is 0.297. The molecule has 134 valence electrons. The van der Waals surface area contributed by atoms with E-state index in [1.54, 1.807) is 6.92 Å². The number of carbonyl (C=O) groups excluding carboxylic acids is 1. The number of unbranched alkanes of at least 4 members (excludes halogenated alkanes) is 3. The molecule has 1 aromatic heterocycles. The van der Waals surface area contributed by atoms with E-state index in [0.29, 0.717) is 35.5 Å². The van der Waals surface area contributed by atoms with Crippen molar-refractivity contribution in [2.24, 2.45) is 0 Å². The molecule has 0 saturated heterocycles. The lowest BCUT2D eigenvalue weighted by Crippen LogP contribution is -2.06. The van der Waals surface area contributed by atoms with Gasteiger partial charge in [0.2, 0.25) is 0 Å². The van der Waals surface area contributed by atoms with Crippen molar-refractivity contribution in [3.63, 3.8) is 0 Å². The van der Waals surface area contributed by atoms with E-state index in [1.165, 1.54) is 24.3 Å². The van der Waals surface area contributed by atoms with Crippen LogP contribution in [0.3, 0.4) is 0 Å². The van der Waals surface area contributed by atoms with Gasteiger partial charge in [0.05, 0.1) is 24.7 Å². The zero-order chi connectivity index (χ0) is 18.2. The van der Waals surface area contributed by atoms with E-state index in [0.717, 1.165) is 25.7 Å². The maximum absolute atomic E-state index is 13.4. The van der Waals surface area contributed by atoms with Crippen LogP contribution in [0.15, 0.2) is 45.6 Å². The number of fused-ring (bicyclic) bond motifs is 1. The van der Waals surface area contributed by atoms with Gasteiger partial charge in [-0.3, -0.25) is 0 Å². The number of ether oxygens (including phenoxy) is 2. The smallest absolute Gasteiger partial charge is 0.339 e. The largest absolute Gasteiger partial charge is 0.493 e. The van der Waals surface area contributed by atoms with E-state index in [2.05, 4.69) is 6.58 Å². The Balaban J connectivity index is 1.74. The third kappa shape index (κ3) is 5.74. The molecule has 0 saturated carbocycles. The Morgan fingerprint density at radius 3 is 2.60 bits per heavy atom. The van der Waals surface area contributed by atoms with E-state index < -0.39 is 11.4 Å². The van der Waals surface area contributed by atoms with Crippen molar-refractivity contribution < 1.29 is 23.1 Å². The van der Waals surface area contributed by atoms with E-state index in [1.807, 2.05) is 0 Å². The van der Waals surface area contributed by atoms with Crippen molar-refractivity contribution in [1.82, 2.24) is 0 Å². The van der Waals surface area contributed by atoms with Gasteiger partial charge in [-0.25, -0.2) is 14.0 Å². The average molecular weight is 348 g/mol. The molecule has 0 radical (unpaired) electrons. The van der Waals surface area contributed by atoms with Crippen molar-refractivity contribution in [2.75, 3.05) is 13.2 Å². The maximum atomic E-state index is 13.4. The zero-order valence-corrected chi connectivity index (χ0v) is 14.2. The summed E-state index contributed by atoms with van der Waals surface area (Å²) in [6.07, 6.45) is 3.31. The highest BCUT2D eigenvalue weighted by molar-refractivity contribution is 5.86. The Hall–Kier alpha value is -2.63. The summed E-state index contributed by atoms with van der Waals surface area (Å²) in [5.41, 5.74) is 0.154.